The molecular weight excluding hydrogens is 225 g/mol. The molecule has 0 saturated carbocycles. The van der Waals surface area contributed by atoms with Crippen molar-refractivity contribution in [3.8, 4) is 0 Å². The molecule has 0 spiro atoms. The maximum absolute atomic E-state index is 12.7. The first-order chi connectivity index (χ1) is 7.74. The summed E-state index contributed by atoms with van der Waals surface area (Å²) in [5, 5.41) is 4.05. The van der Waals surface area contributed by atoms with Crippen molar-refractivity contribution >= 4 is 16.7 Å². The SMILES string of the molecule is CC(Cc1ccc(F)cc1)Nc1ncns1. The van der Waals surface area contributed by atoms with Gasteiger partial charge in [0, 0.05) is 17.6 Å². The summed E-state index contributed by atoms with van der Waals surface area (Å²) in [5.74, 6) is -0.200. The first-order valence-electron chi connectivity index (χ1n) is 5.01. The number of anilines is 1. The predicted octanol–water partition coefficient (Wildman–Crippen LogP) is 2.72. The van der Waals surface area contributed by atoms with Crippen LogP contribution < -0.4 is 5.32 Å². The van der Waals surface area contributed by atoms with Crippen LogP contribution in [0.1, 0.15) is 12.5 Å². The van der Waals surface area contributed by atoms with Crippen LogP contribution in [0.2, 0.25) is 0 Å². The minimum atomic E-state index is -0.200. The van der Waals surface area contributed by atoms with Crippen LogP contribution in [-0.4, -0.2) is 15.4 Å². The molecule has 0 bridgehead atoms. The smallest absolute Gasteiger partial charge is 0.202 e. The fraction of sp³-hybridized carbons (Fsp3) is 0.273. The first kappa shape index (κ1) is 11.0. The van der Waals surface area contributed by atoms with Crippen LogP contribution in [0.3, 0.4) is 0 Å². The molecule has 1 aromatic carbocycles. The first-order valence-corrected chi connectivity index (χ1v) is 5.79. The average molecular weight is 237 g/mol. The quantitative estimate of drug-likeness (QED) is 0.888. The number of aromatic nitrogens is 2. The lowest BCUT2D eigenvalue weighted by Crippen LogP contribution is -2.17. The van der Waals surface area contributed by atoms with Gasteiger partial charge in [0.1, 0.15) is 12.1 Å². The van der Waals surface area contributed by atoms with Crippen molar-refractivity contribution in [1.82, 2.24) is 9.36 Å². The highest BCUT2D eigenvalue weighted by molar-refractivity contribution is 7.09. The van der Waals surface area contributed by atoms with Crippen LogP contribution in [0.5, 0.6) is 0 Å². The number of rotatable bonds is 4. The van der Waals surface area contributed by atoms with Gasteiger partial charge in [0.05, 0.1) is 0 Å². The number of benzene rings is 1. The third-order valence-corrected chi connectivity index (χ3v) is 2.78. The molecule has 0 fully saturated rings. The molecule has 0 radical (unpaired) electrons. The second-order valence-electron chi connectivity index (χ2n) is 3.62. The van der Waals surface area contributed by atoms with Crippen LogP contribution in [0.15, 0.2) is 30.6 Å². The number of hydrogen-bond acceptors (Lipinski definition) is 4. The maximum atomic E-state index is 12.7. The Morgan fingerprint density at radius 3 is 2.75 bits per heavy atom. The number of hydrogen-bond donors (Lipinski definition) is 1. The molecule has 84 valence electrons. The Balaban J connectivity index is 1.92. The van der Waals surface area contributed by atoms with Crippen molar-refractivity contribution in [2.24, 2.45) is 0 Å². The normalized spacial score (nSPS) is 12.4. The Bertz CT molecular complexity index is 427. The molecule has 5 heteroatoms. The van der Waals surface area contributed by atoms with Gasteiger partial charge in [-0.3, -0.25) is 0 Å². The van der Waals surface area contributed by atoms with E-state index < -0.39 is 0 Å². The summed E-state index contributed by atoms with van der Waals surface area (Å²) < 4.78 is 16.6. The molecule has 0 amide bonds. The van der Waals surface area contributed by atoms with Crippen LogP contribution in [0.25, 0.3) is 0 Å². The van der Waals surface area contributed by atoms with Crippen molar-refractivity contribution in [1.29, 1.82) is 0 Å². The van der Waals surface area contributed by atoms with Gasteiger partial charge >= 0.3 is 0 Å². The molecule has 0 aliphatic heterocycles. The largest absolute Gasteiger partial charge is 0.358 e. The van der Waals surface area contributed by atoms with Crippen molar-refractivity contribution in [3.63, 3.8) is 0 Å². The van der Waals surface area contributed by atoms with Crippen molar-refractivity contribution in [2.45, 2.75) is 19.4 Å². The van der Waals surface area contributed by atoms with Gasteiger partial charge in [-0.1, -0.05) is 12.1 Å². The summed E-state index contributed by atoms with van der Waals surface area (Å²) >= 11 is 1.33. The molecule has 1 atom stereocenters. The third-order valence-electron chi connectivity index (χ3n) is 2.19. The fourth-order valence-corrected chi connectivity index (χ4v) is 2.01. The zero-order chi connectivity index (χ0) is 11.4. The number of nitrogens with one attached hydrogen (secondary N) is 1. The van der Waals surface area contributed by atoms with Crippen molar-refractivity contribution in [3.05, 3.63) is 42.0 Å². The lowest BCUT2D eigenvalue weighted by Gasteiger charge is -2.12. The molecule has 1 N–H and O–H groups in total. The number of halogens is 1. The van der Waals surface area contributed by atoms with E-state index in [2.05, 4.69) is 21.6 Å². The van der Waals surface area contributed by atoms with Gasteiger partial charge in [0.2, 0.25) is 5.13 Å². The van der Waals surface area contributed by atoms with Crippen LogP contribution >= 0.6 is 11.5 Å². The fourth-order valence-electron chi connectivity index (χ4n) is 1.47. The molecular formula is C11H12FN3S. The number of nitrogens with zero attached hydrogens (tertiary/aromatic N) is 2. The zero-order valence-corrected chi connectivity index (χ0v) is 9.67. The molecule has 16 heavy (non-hydrogen) atoms. The van der Waals surface area contributed by atoms with E-state index in [1.807, 2.05) is 0 Å². The zero-order valence-electron chi connectivity index (χ0n) is 8.85. The second-order valence-corrected chi connectivity index (χ2v) is 4.40. The minimum Gasteiger partial charge on any atom is -0.358 e. The van der Waals surface area contributed by atoms with Gasteiger partial charge in [-0.2, -0.15) is 4.37 Å². The monoisotopic (exact) mass is 237 g/mol. The molecule has 2 rings (SSSR count). The molecule has 2 aromatic rings. The summed E-state index contributed by atoms with van der Waals surface area (Å²) in [6.45, 7) is 2.06. The Hall–Kier alpha value is -1.49. The molecule has 0 aliphatic carbocycles. The third kappa shape index (κ3) is 3.00. The van der Waals surface area contributed by atoms with Gasteiger partial charge in [0.25, 0.3) is 0 Å². The summed E-state index contributed by atoms with van der Waals surface area (Å²) in [4.78, 5) is 4.05. The summed E-state index contributed by atoms with van der Waals surface area (Å²) in [5.41, 5.74) is 1.10. The average Bonchev–Trinajstić information content (AvgIpc) is 2.74. The van der Waals surface area contributed by atoms with Crippen LogP contribution in [0, 0.1) is 5.82 Å². The summed E-state index contributed by atoms with van der Waals surface area (Å²) in [6, 6.07) is 6.81. The van der Waals surface area contributed by atoms with Gasteiger partial charge in [-0.25, -0.2) is 9.37 Å². The van der Waals surface area contributed by atoms with E-state index in [9.17, 15) is 4.39 Å². The minimum absolute atomic E-state index is 0.200. The van der Waals surface area contributed by atoms with Gasteiger partial charge in [-0.15, -0.1) is 0 Å². The lowest BCUT2D eigenvalue weighted by atomic mass is 10.1. The maximum Gasteiger partial charge on any atom is 0.202 e. The molecule has 1 aromatic heterocycles. The Morgan fingerprint density at radius 2 is 2.12 bits per heavy atom. The highest BCUT2D eigenvalue weighted by atomic mass is 32.1. The van der Waals surface area contributed by atoms with Crippen LogP contribution in [0.4, 0.5) is 9.52 Å². The van der Waals surface area contributed by atoms with Crippen LogP contribution in [-0.2, 0) is 6.42 Å². The van der Waals surface area contributed by atoms with Gasteiger partial charge < -0.3 is 5.32 Å². The van der Waals surface area contributed by atoms with Crippen molar-refractivity contribution in [2.75, 3.05) is 5.32 Å². The van der Waals surface area contributed by atoms with Gasteiger partial charge in [0.15, 0.2) is 0 Å². The Morgan fingerprint density at radius 1 is 1.38 bits per heavy atom. The lowest BCUT2D eigenvalue weighted by molar-refractivity contribution is 0.626. The standard InChI is InChI=1S/C11H12FN3S/c1-8(15-11-13-7-14-16-11)6-9-2-4-10(12)5-3-9/h2-5,7-8H,6H2,1H3,(H,13,14,15). The Kier molecular flexibility index (Phi) is 3.46. The molecule has 1 heterocycles. The topological polar surface area (TPSA) is 37.8 Å². The van der Waals surface area contributed by atoms with E-state index in [1.54, 1.807) is 12.1 Å². The van der Waals surface area contributed by atoms with E-state index >= 15 is 0 Å². The van der Waals surface area contributed by atoms with Crippen molar-refractivity contribution < 1.29 is 4.39 Å². The molecule has 3 nitrogen and oxygen atoms in total. The van der Waals surface area contributed by atoms with E-state index in [0.29, 0.717) is 0 Å². The highest BCUT2D eigenvalue weighted by Gasteiger charge is 2.05. The van der Waals surface area contributed by atoms with E-state index in [1.165, 1.54) is 30.0 Å². The summed E-state index contributed by atoms with van der Waals surface area (Å²) in [6.07, 6.45) is 2.36. The molecule has 0 aliphatic rings. The molecule has 1 unspecified atom stereocenters. The highest BCUT2D eigenvalue weighted by Crippen LogP contribution is 2.12. The summed E-state index contributed by atoms with van der Waals surface area (Å²) in [7, 11) is 0. The predicted molar refractivity (Wildman–Crippen MR) is 63.1 cm³/mol. The van der Waals surface area contributed by atoms with Gasteiger partial charge in [-0.05, 0) is 31.0 Å². The van der Waals surface area contributed by atoms with E-state index in [-0.39, 0.29) is 11.9 Å². The van der Waals surface area contributed by atoms with E-state index in [4.69, 9.17) is 0 Å². The Labute approximate surface area is 97.5 Å². The molecule has 0 saturated heterocycles. The second kappa shape index (κ2) is 5.03. The van der Waals surface area contributed by atoms with E-state index in [0.717, 1.165) is 17.1 Å².